The Hall–Kier alpha value is -2.35. The Morgan fingerprint density at radius 2 is 1.88 bits per heavy atom. The lowest BCUT2D eigenvalue weighted by molar-refractivity contribution is -0.159. The second kappa shape index (κ2) is 7.01. The maximum Gasteiger partial charge on any atom is 0.414 e. The van der Waals surface area contributed by atoms with E-state index in [-0.39, 0.29) is 5.75 Å². The predicted octanol–water partition coefficient (Wildman–Crippen LogP) is 0.275. The summed E-state index contributed by atoms with van der Waals surface area (Å²) in [4.78, 5) is 18.2. The number of nitrogen functional groups attached to an aromatic ring is 1. The number of hydrazine groups is 1. The lowest BCUT2D eigenvalue weighted by atomic mass is 10.3. The second-order valence-electron chi connectivity index (χ2n) is 2.60. The van der Waals surface area contributed by atoms with Gasteiger partial charge in [0.05, 0.1) is 12.8 Å². The number of nitrogens with two attached hydrogens (primary N) is 1. The van der Waals surface area contributed by atoms with Crippen molar-refractivity contribution in [2.45, 2.75) is 0 Å². The first kappa shape index (κ1) is 14.7. The molecule has 1 aromatic carbocycles. The average Bonchev–Trinajstić information content (AvgIpc) is 2.30. The topological polar surface area (TPSA) is 122 Å². The number of hydrogen-bond acceptors (Lipinski definition) is 5. The zero-order chi connectivity index (χ0) is 13.4. The van der Waals surface area contributed by atoms with Gasteiger partial charge in [0, 0.05) is 6.07 Å². The molecular weight excluding hydrogens is 235 g/mol. The highest BCUT2D eigenvalue weighted by Gasteiger charge is 2.04. The normalized spacial score (nSPS) is 8.65. The van der Waals surface area contributed by atoms with Crippen molar-refractivity contribution in [3.8, 4) is 5.75 Å². The van der Waals surface area contributed by atoms with Crippen molar-refractivity contribution in [1.82, 2.24) is 0 Å². The second-order valence-corrected chi connectivity index (χ2v) is 2.60. The van der Waals surface area contributed by atoms with Crippen LogP contribution in [-0.2, 0) is 9.59 Å². The van der Waals surface area contributed by atoms with E-state index in [1.807, 2.05) is 0 Å². The summed E-state index contributed by atoms with van der Waals surface area (Å²) >= 11 is 0. The van der Waals surface area contributed by atoms with Crippen LogP contribution in [0.4, 0.5) is 10.1 Å². The molecule has 0 aliphatic carbocycles. The van der Waals surface area contributed by atoms with Gasteiger partial charge in [-0.05, 0) is 12.1 Å². The van der Waals surface area contributed by atoms with E-state index >= 15 is 0 Å². The molecule has 0 spiro atoms. The molecule has 94 valence electrons. The van der Waals surface area contributed by atoms with E-state index in [1.54, 1.807) is 0 Å². The third kappa shape index (κ3) is 5.33. The molecule has 7 nitrogen and oxygen atoms in total. The summed E-state index contributed by atoms with van der Waals surface area (Å²) < 4.78 is 17.4. The first-order chi connectivity index (χ1) is 7.92. The summed E-state index contributed by atoms with van der Waals surface area (Å²) in [6.07, 6.45) is 0. The fourth-order valence-electron chi connectivity index (χ4n) is 0.750. The Morgan fingerprint density at radius 1 is 1.35 bits per heavy atom. The molecule has 0 atom stereocenters. The molecule has 0 saturated heterocycles. The van der Waals surface area contributed by atoms with Gasteiger partial charge in [0.2, 0.25) is 0 Å². The SMILES string of the molecule is COc1cc(NN)ccc1F.O=C(O)C(=O)O. The number of aliphatic carboxylic acids is 2. The smallest absolute Gasteiger partial charge is 0.414 e. The Morgan fingerprint density at radius 3 is 2.24 bits per heavy atom. The number of anilines is 1. The zero-order valence-corrected chi connectivity index (χ0v) is 8.81. The molecule has 1 rings (SSSR count). The van der Waals surface area contributed by atoms with Crippen molar-refractivity contribution in [3.63, 3.8) is 0 Å². The molecule has 0 unspecified atom stereocenters. The van der Waals surface area contributed by atoms with Crippen LogP contribution in [0.15, 0.2) is 18.2 Å². The van der Waals surface area contributed by atoms with Crippen LogP contribution in [0.1, 0.15) is 0 Å². The third-order valence-corrected chi connectivity index (χ3v) is 1.50. The molecule has 8 heteroatoms. The molecule has 0 aromatic heterocycles. The highest BCUT2D eigenvalue weighted by Crippen LogP contribution is 2.20. The Bertz CT molecular complexity index is 398. The molecule has 17 heavy (non-hydrogen) atoms. The molecule has 0 amide bonds. The van der Waals surface area contributed by atoms with E-state index < -0.39 is 17.8 Å². The van der Waals surface area contributed by atoms with Gasteiger partial charge in [0.1, 0.15) is 0 Å². The summed E-state index contributed by atoms with van der Waals surface area (Å²) in [5.41, 5.74) is 3.00. The molecule has 1 aromatic rings. The van der Waals surface area contributed by atoms with Crippen molar-refractivity contribution in [2.75, 3.05) is 12.5 Å². The summed E-state index contributed by atoms with van der Waals surface area (Å²) in [5, 5.41) is 14.8. The Kier molecular flexibility index (Phi) is 6.04. The highest BCUT2D eigenvalue weighted by molar-refractivity contribution is 6.27. The van der Waals surface area contributed by atoms with Crippen molar-refractivity contribution < 1.29 is 28.9 Å². The van der Waals surface area contributed by atoms with Crippen molar-refractivity contribution in [3.05, 3.63) is 24.0 Å². The number of nitrogens with one attached hydrogen (secondary N) is 1. The van der Waals surface area contributed by atoms with Crippen LogP contribution in [0.5, 0.6) is 5.75 Å². The van der Waals surface area contributed by atoms with Crippen molar-refractivity contribution in [1.29, 1.82) is 0 Å². The molecular formula is C9H11FN2O5. The molecule has 0 bridgehead atoms. The monoisotopic (exact) mass is 246 g/mol. The number of ether oxygens (including phenoxy) is 1. The summed E-state index contributed by atoms with van der Waals surface area (Å²) in [5.74, 6) is 1.23. The zero-order valence-electron chi connectivity index (χ0n) is 8.81. The number of carbonyl (C=O) groups is 2. The van der Waals surface area contributed by atoms with Crippen LogP contribution in [-0.4, -0.2) is 29.3 Å². The van der Waals surface area contributed by atoms with Crippen molar-refractivity contribution in [2.24, 2.45) is 5.84 Å². The molecule has 0 radical (unpaired) electrons. The molecule has 0 heterocycles. The van der Waals surface area contributed by atoms with E-state index in [2.05, 4.69) is 5.43 Å². The van der Waals surface area contributed by atoms with Crippen LogP contribution in [0.25, 0.3) is 0 Å². The van der Waals surface area contributed by atoms with Crippen molar-refractivity contribution >= 4 is 17.6 Å². The fraction of sp³-hybridized carbons (Fsp3) is 0.111. The number of benzene rings is 1. The fourth-order valence-corrected chi connectivity index (χ4v) is 0.750. The van der Waals surface area contributed by atoms with Crippen LogP contribution < -0.4 is 16.0 Å². The number of carboxylic acid groups (broad SMARTS) is 2. The standard InChI is InChI=1S/C7H9FN2O.C2H2O4/c1-11-7-4-5(10-9)2-3-6(7)8;3-1(4)2(5)6/h2-4,10H,9H2,1H3;(H,3,4)(H,5,6). The molecule has 0 saturated carbocycles. The quantitative estimate of drug-likeness (QED) is 0.335. The van der Waals surface area contributed by atoms with Gasteiger partial charge < -0.3 is 20.4 Å². The Labute approximate surface area is 95.6 Å². The molecule has 0 aliphatic rings. The van der Waals surface area contributed by atoms with E-state index in [4.69, 9.17) is 30.4 Å². The minimum atomic E-state index is -1.82. The predicted molar refractivity (Wildman–Crippen MR) is 56.0 cm³/mol. The largest absolute Gasteiger partial charge is 0.494 e. The van der Waals surface area contributed by atoms with Crippen LogP contribution in [0.2, 0.25) is 0 Å². The molecule has 0 aliphatic heterocycles. The number of hydrogen-bond donors (Lipinski definition) is 4. The van der Waals surface area contributed by atoms with E-state index in [0.29, 0.717) is 5.69 Å². The van der Waals surface area contributed by atoms with E-state index in [0.717, 1.165) is 0 Å². The van der Waals surface area contributed by atoms with E-state index in [9.17, 15) is 4.39 Å². The van der Waals surface area contributed by atoms with Gasteiger partial charge in [-0.2, -0.15) is 0 Å². The average molecular weight is 246 g/mol. The van der Waals surface area contributed by atoms with E-state index in [1.165, 1.54) is 25.3 Å². The highest BCUT2D eigenvalue weighted by atomic mass is 19.1. The minimum Gasteiger partial charge on any atom is -0.494 e. The van der Waals surface area contributed by atoms with Gasteiger partial charge in [-0.15, -0.1) is 0 Å². The third-order valence-electron chi connectivity index (χ3n) is 1.50. The number of rotatable bonds is 2. The summed E-state index contributed by atoms with van der Waals surface area (Å²) in [6, 6.07) is 4.29. The van der Waals surface area contributed by atoms with Gasteiger partial charge in [-0.1, -0.05) is 0 Å². The maximum atomic E-state index is 12.7. The van der Waals surface area contributed by atoms with Crippen LogP contribution in [0, 0.1) is 5.82 Å². The lowest BCUT2D eigenvalue weighted by Gasteiger charge is -2.03. The van der Waals surface area contributed by atoms with Crippen LogP contribution in [0.3, 0.4) is 0 Å². The lowest BCUT2D eigenvalue weighted by Crippen LogP contribution is -2.09. The van der Waals surface area contributed by atoms with Crippen LogP contribution >= 0.6 is 0 Å². The van der Waals surface area contributed by atoms with Gasteiger partial charge >= 0.3 is 11.9 Å². The number of methoxy groups -OCH3 is 1. The maximum absolute atomic E-state index is 12.7. The first-order valence-corrected chi connectivity index (χ1v) is 4.18. The number of carboxylic acids is 2. The molecule has 0 fully saturated rings. The summed E-state index contributed by atoms with van der Waals surface area (Å²) in [6.45, 7) is 0. The van der Waals surface area contributed by atoms with Gasteiger partial charge in [-0.25, -0.2) is 14.0 Å². The van der Waals surface area contributed by atoms with Gasteiger partial charge in [0.15, 0.2) is 11.6 Å². The van der Waals surface area contributed by atoms with Gasteiger partial charge in [0.25, 0.3) is 0 Å². The summed E-state index contributed by atoms with van der Waals surface area (Å²) in [7, 11) is 1.40. The number of halogens is 1. The molecule has 5 N–H and O–H groups in total. The van der Waals surface area contributed by atoms with Gasteiger partial charge in [-0.3, -0.25) is 5.84 Å². The first-order valence-electron chi connectivity index (χ1n) is 4.18. The Balaban J connectivity index is 0.000000366. The minimum absolute atomic E-state index is 0.181.